The first kappa shape index (κ1) is 11.6. The Morgan fingerprint density at radius 3 is 2.89 bits per heavy atom. The maximum atomic E-state index is 12.6. The number of carbonyl (C=O) groups is 1. The van der Waals surface area contributed by atoms with Crippen molar-refractivity contribution in [2.24, 2.45) is 5.92 Å². The first-order valence-corrected chi connectivity index (χ1v) is 6.14. The lowest BCUT2D eigenvalue weighted by atomic mass is 10.2. The molecule has 2 aliphatic carbocycles. The molecular weight excluding hydrogens is 242 g/mol. The minimum atomic E-state index is -2.63. The molecular formula is C12H14F2N2O2. The van der Waals surface area contributed by atoms with Crippen LogP contribution in [0.4, 0.5) is 8.78 Å². The molecule has 1 unspecified atom stereocenters. The highest BCUT2D eigenvalue weighted by molar-refractivity contribution is 5.76. The number of hydrogen-bond donors (Lipinski definition) is 1. The molecule has 3 rings (SSSR count). The van der Waals surface area contributed by atoms with Crippen molar-refractivity contribution in [2.45, 2.75) is 44.1 Å². The number of nitrogens with one attached hydrogen (secondary N) is 1. The van der Waals surface area contributed by atoms with E-state index in [-0.39, 0.29) is 25.3 Å². The number of alkyl halides is 2. The van der Waals surface area contributed by atoms with Crippen LogP contribution in [0.15, 0.2) is 10.6 Å². The van der Waals surface area contributed by atoms with Gasteiger partial charge in [-0.3, -0.25) is 4.79 Å². The molecule has 98 valence electrons. The molecule has 0 aromatic carbocycles. The summed E-state index contributed by atoms with van der Waals surface area (Å²) in [5, 5.41) is 6.42. The number of hydrogen-bond acceptors (Lipinski definition) is 3. The van der Waals surface area contributed by atoms with Crippen molar-refractivity contribution in [1.29, 1.82) is 0 Å². The lowest BCUT2D eigenvalue weighted by molar-refractivity contribution is -0.122. The normalized spacial score (nSPS) is 24.9. The average molecular weight is 256 g/mol. The van der Waals surface area contributed by atoms with Gasteiger partial charge in [0.25, 0.3) is 5.92 Å². The maximum absolute atomic E-state index is 12.6. The molecule has 2 aliphatic rings. The molecule has 1 amide bonds. The minimum Gasteiger partial charge on any atom is -0.361 e. The Morgan fingerprint density at radius 1 is 1.56 bits per heavy atom. The highest BCUT2D eigenvalue weighted by Gasteiger charge is 2.57. The number of nitrogens with zero attached hydrogens (tertiary/aromatic N) is 1. The summed E-state index contributed by atoms with van der Waals surface area (Å²) in [7, 11) is 0. The Hall–Kier alpha value is -1.46. The van der Waals surface area contributed by atoms with Gasteiger partial charge in [-0.1, -0.05) is 5.16 Å². The van der Waals surface area contributed by atoms with Crippen molar-refractivity contribution in [3.8, 4) is 0 Å². The molecule has 1 heterocycles. The van der Waals surface area contributed by atoms with E-state index >= 15 is 0 Å². The third-order valence-electron chi connectivity index (χ3n) is 3.41. The van der Waals surface area contributed by atoms with E-state index in [9.17, 15) is 13.6 Å². The molecule has 0 aliphatic heterocycles. The van der Waals surface area contributed by atoms with Crippen molar-refractivity contribution in [1.82, 2.24) is 10.5 Å². The zero-order valence-electron chi connectivity index (χ0n) is 9.79. The molecule has 1 aromatic heterocycles. The lowest BCUT2D eigenvalue weighted by Crippen LogP contribution is -2.23. The van der Waals surface area contributed by atoms with Crippen LogP contribution in [0, 0.1) is 5.92 Å². The first-order valence-electron chi connectivity index (χ1n) is 6.14. The fraction of sp³-hybridized carbons (Fsp3) is 0.667. The summed E-state index contributed by atoms with van der Waals surface area (Å²) < 4.78 is 30.3. The summed E-state index contributed by atoms with van der Waals surface area (Å²) in [6.07, 6.45) is 1.96. The van der Waals surface area contributed by atoms with E-state index in [4.69, 9.17) is 4.52 Å². The van der Waals surface area contributed by atoms with Crippen LogP contribution in [0.5, 0.6) is 0 Å². The van der Waals surface area contributed by atoms with Gasteiger partial charge in [0.1, 0.15) is 11.5 Å². The summed E-state index contributed by atoms with van der Waals surface area (Å²) in [5.74, 6) is -2.44. The molecule has 1 atom stereocenters. The van der Waals surface area contributed by atoms with Gasteiger partial charge in [-0.15, -0.1) is 0 Å². The summed E-state index contributed by atoms with van der Waals surface area (Å²) in [4.78, 5) is 11.4. The van der Waals surface area contributed by atoms with Crippen molar-refractivity contribution in [3.63, 3.8) is 0 Å². The van der Waals surface area contributed by atoms with Crippen LogP contribution in [-0.4, -0.2) is 17.0 Å². The molecule has 0 spiro atoms. The highest BCUT2D eigenvalue weighted by Crippen LogP contribution is 2.50. The van der Waals surface area contributed by atoms with Gasteiger partial charge in [-0.2, -0.15) is 0 Å². The van der Waals surface area contributed by atoms with E-state index < -0.39 is 11.8 Å². The zero-order valence-corrected chi connectivity index (χ0v) is 9.79. The Kier molecular flexibility index (Phi) is 2.60. The van der Waals surface area contributed by atoms with Gasteiger partial charge in [0.2, 0.25) is 5.91 Å². The van der Waals surface area contributed by atoms with Gasteiger partial charge in [0.15, 0.2) is 0 Å². The lowest BCUT2D eigenvalue weighted by Gasteiger charge is -2.01. The minimum absolute atomic E-state index is 0.111. The molecule has 2 saturated carbocycles. The molecule has 0 bridgehead atoms. The monoisotopic (exact) mass is 256 g/mol. The highest BCUT2D eigenvalue weighted by atomic mass is 19.3. The molecule has 0 saturated heterocycles. The predicted molar refractivity (Wildman–Crippen MR) is 58.0 cm³/mol. The van der Waals surface area contributed by atoms with E-state index in [0.29, 0.717) is 11.6 Å². The van der Waals surface area contributed by atoms with Crippen LogP contribution in [0.1, 0.15) is 43.1 Å². The number of amides is 1. The van der Waals surface area contributed by atoms with Crippen LogP contribution in [0.3, 0.4) is 0 Å². The van der Waals surface area contributed by atoms with Crippen LogP contribution in [0.2, 0.25) is 0 Å². The molecule has 6 heteroatoms. The van der Waals surface area contributed by atoms with E-state index in [1.807, 2.05) is 6.07 Å². The fourth-order valence-electron chi connectivity index (χ4n) is 1.95. The van der Waals surface area contributed by atoms with Crippen LogP contribution in [-0.2, 0) is 11.3 Å². The third-order valence-corrected chi connectivity index (χ3v) is 3.41. The second kappa shape index (κ2) is 4.03. The summed E-state index contributed by atoms with van der Waals surface area (Å²) >= 11 is 0. The number of carbonyl (C=O) groups excluding carboxylic acids is 1. The van der Waals surface area contributed by atoms with E-state index in [0.717, 1.165) is 18.6 Å². The number of aromatic nitrogens is 1. The van der Waals surface area contributed by atoms with Gasteiger partial charge in [0.05, 0.1) is 6.54 Å². The van der Waals surface area contributed by atoms with Gasteiger partial charge < -0.3 is 9.84 Å². The maximum Gasteiger partial charge on any atom is 0.252 e. The van der Waals surface area contributed by atoms with Crippen molar-refractivity contribution >= 4 is 5.91 Å². The number of rotatable bonds is 5. The summed E-state index contributed by atoms with van der Waals surface area (Å²) in [6.45, 7) is 0.243. The van der Waals surface area contributed by atoms with Crippen LogP contribution in [0.25, 0.3) is 0 Å². The van der Waals surface area contributed by atoms with Gasteiger partial charge >= 0.3 is 0 Å². The zero-order chi connectivity index (χ0) is 12.8. The summed E-state index contributed by atoms with van der Waals surface area (Å²) in [5.41, 5.74) is 0.646. The van der Waals surface area contributed by atoms with E-state index in [2.05, 4.69) is 10.5 Å². The predicted octanol–water partition coefficient (Wildman–Crippen LogP) is 2.21. The quantitative estimate of drug-likeness (QED) is 0.878. The summed E-state index contributed by atoms with van der Waals surface area (Å²) in [6, 6.07) is 1.82. The fourth-order valence-corrected chi connectivity index (χ4v) is 1.95. The Balaban J connectivity index is 1.44. The van der Waals surface area contributed by atoms with Crippen LogP contribution < -0.4 is 5.32 Å². The molecule has 1 aromatic rings. The smallest absolute Gasteiger partial charge is 0.252 e. The Morgan fingerprint density at radius 2 is 2.28 bits per heavy atom. The second-order valence-corrected chi connectivity index (χ2v) is 5.14. The first-order chi connectivity index (χ1) is 8.54. The Labute approximate surface area is 103 Å². The average Bonchev–Trinajstić information content (AvgIpc) is 3.19. The third kappa shape index (κ3) is 2.52. The van der Waals surface area contributed by atoms with Gasteiger partial charge in [-0.05, 0) is 12.8 Å². The van der Waals surface area contributed by atoms with Gasteiger partial charge in [0, 0.05) is 30.7 Å². The topological polar surface area (TPSA) is 55.1 Å². The van der Waals surface area contributed by atoms with Crippen molar-refractivity contribution < 1.29 is 18.1 Å². The van der Waals surface area contributed by atoms with E-state index in [1.54, 1.807) is 0 Å². The van der Waals surface area contributed by atoms with Crippen molar-refractivity contribution in [2.75, 3.05) is 0 Å². The SMILES string of the molecule is O=C(CC1CC1(F)F)NCc1cc(C2CC2)on1. The molecule has 0 radical (unpaired) electrons. The van der Waals surface area contributed by atoms with Crippen molar-refractivity contribution in [3.05, 3.63) is 17.5 Å². The molecule has 18 heavy (non-hydrogen) atoms. The molecule has 4 nitrogen and oxygen atoms in total. The molecule has 2 fully saturated rings. The Bertz CT molecular complexity index is 468. The largest absolute Gasteiger partial charge is 0.361 e. The standard InChI is InChI=1S/C12H14F2N2O2/c13-12(14)5-8(12)3-11(17)15-6-9-4-10(18-16-9)7-1-2-7/h4,7-8H,1-3,5-6H2,(H,15,17). The van der Waals surface area contributed by atoms with Crippen LogP contribution >= 0.6 is 0 Å². The number of halogens is 2. The van der Waals surface area contributed by atoms with Gasteiger partial charge in [-0.25, -0.2) is 8.78 Å². The second-order valence-electron chi connectivity index (χ2n) is 5.14. The molecule has 1 N–H and O–H groups in total. The van der Waals surface area contributed by atoms with E-state index in [1.165, 1.54) is 0 Å².